The lowest BCUT2D eigenvalue weighted by Crippen LogP contribution is -2.46. The Labute approximate surface area is 108 Å². The Morgan fingerprint density at radius 1 is 1.39 bits per heavy atom. The first-order chi connectivity index (χ1) is 8.43. The van der Waals surface area contributed by atoms with Crippen molar-refractivity contribution in [3.8, 4) is 0 Å². The van der Waals surface area contributed by atoms with E-state index >= 15 is 0 Å². The maximum Gasteiger partial charge on any atom is 0.333 e. The number of hydrogen-bond donors (Lipinski definition) is 2. The van der Waals surface area contributed by atoms with Gasteiger partial charge >= 0.3 is 5.97 Å². The molecular weight excluding hydrogens is 236 g/mol. The van der Waals surface area contributed by atoms with Crippen LogP contribution in [0, 0.1) is 5.41 Å². The molecule has 0 aliphatic rings. The van der Waals surface area contributed by atoms with Crippen LogP contribution in [-0.2, 0) is 14.3 Å². The summed E-state index contributed by atoms with van der Waals surface area (Å²) in [6.07, 6.45) is 0.424. The molecule has 0 aromatic heterocycles. The highest BCUT2D eigenvalue weighted by atomic mass is 16.5. The average molecular weight is 260 g/mol. The molecule has 0 spiro atoms. The number of esters is 1. The first-order valence-corrected chi connectivity index (χ1v) is 6.09. The Kier molecular flexibility index (Phi) is 7.82. The quantitative estimate of drug-likeness (QED) is 0.475. The maximum absolute atomic E-state index is 11.3. The molecule has 106 valence electrons. The molecule has 0 bridgehead atoms. The van der Waals surface area contributed by atoms with Crippen molar-refractivity contribution in [3.63, 3.8) is 0 Å². The zero-order valence-electron chi connectivity index (χ0n) is 11.4. The van der Waals surface area contributed by atoms with Crippen LogP contribution in [0.2, 0.25) is 0 Å². The van der Waals surface area contributed by atoms with E-state index in [9.17, 15) is 15.0 Å². The van der Waals surface area contributed by atoms with Crippen molar-refractivity contribution < 1.29 is 24.5 Å². The van der Waals surface area contributed by atoms with Gasteiger partial charge in [-0.15, -0.1) is 0 Å². The van der Waals surface area contributed by atoms with Crippen molar-refractivity contribution in [2.24, 2.45) is 5.41 Å². The molecule has 0 saturated carbocycles. The van der Waals surface area contributed by atoms with Gasteiger partial charge in [-0.25, -0.2) is 4.79 Å². The van der Waals surface area contributed by atoms with Gasteiger partial charge in [0.2, 0.25) is 0 Å². The Balaban J connectivity index is 4.59. The highest BCUT2D eigenvalue weighted by molar-refractivity contribution is 5.86. The van der Waals surface area contributed by atoms with E-state index in [1.807, 2.05) is 6.92 Å². The van der Waals surface area contributed by atoms with Gasteiger partial charge in [0.25, 0.3) is 0 Å². The third-order valence-electron chi connectivity index (χ3n) is 2.90. The molecule has 5 heteroatoms. The van der Waals surface area contributed by atoms with Gasteiger partial charge < -0.3 is 19.7 Å². The fourth-order valence-corrected chi connectivity index (χ4v) is 1.32. The zero-order chi connectivity index (χ0) is 14.2. The van der Waals surface area contributed by atoms with E-state index in [1.54, 1.807) is 13.8 Å². The number of ether oxygens (including phenoxy) is 2. The van der Waals surface area contributed by atoms with E-state index in [1.165, 1.54) is 0 Å². The summed E-state index contributed by atoms with van der Waals surface area (Å²) < 4.78 is 10.5. The molecule has 0 amide bonds. The van der Waals surface area contributed by atoms with Crippen LogP contribution >= 0.6 is 0 Å². The minimum Gasteiger partial charge on any atom is -0.461 e. The first-order valence-electron chi connectivity index (χ1n) is 6.09. The Hall–Kier alpha value is -0.910. The van der Waals surface area contributed by atoms with E-state index in [0.29, 0.717) is 6.61 Å². The second kappa shape index (κ2) is 8.24. The molecule has 0 rings (SSSR count). The Morgan fingerprint density at radius 2 is 1.94 bits per heavy atom. The highest BCUT2D eigenvalue weighted by Crippen LogP contribution is 2.25. The number of carbonyl (C=O) groups excluding carboxylic acids is 1. The van der Waals surface area contributed by atoms with E-state index in [4.69, 9.17) is 9.47 Å². The number of carbonyl (C=O) groups is 1. The van der Waals surface area contributed by atoms with Crippen LogP contribution in [0.15, 0.2) is 12.2 Å². The summed E-state index contributed by atoms with van der Waals surface area (Å²) in [5.74, 6) is -0.538. The summed E-state index contributed by atoms with van der Waals surface area (Å²) in [7, 11) is 0. The summed E-state index contributed by atoms with van der Waals surface area (Å²) in [5.41, 5.74) is -0.706. The largest absolute Gasteiger partial charge is 0.461 e. The van der Waals surface area contributed by atoms with Crippen molar-refractivity contribution in [1.29, 1.82) is 0 Å². The molecule has 1 unspecified atom stereocenters. The van der Waals surface area contributed by atoms with Gasteiger partial charge in [-0.05, 0) is 20.3 Å². The van der Waals surface area contributed by atoms with E-state index in [2.05, 4.69) is 6.58 Å². The topological polar surface area (TPSA) is 76.0 Å². The maximum atomic E-state index is 11.3. The lowest BCUT2D eigenvalue weighted by molar-refractivity contribution is -0.154. The van der Waals surface area contributed by atoms with Gasteiger partial charge in [0, 0.05) is 12.2 Å². The van der Waals surface area contributed by atoms with Crippen LogP contribution < -0.4 is 0 Å². The third kappa shape index (κ3) is 4.76. The van der Waals surface area contributed by atoms with E-state index in [-0.39, 0.29) is 25.4 Å². The predicted octanol–water partition coefficient (Wildman–Crippen LogP) is 0.892. The van der Waals surface area contributed by atoms with Gasteiger partial charge in [0.15, 0.2) is 0 Å². The molecule has 5 nitrogen and oxygen atoms in total. The molecule has 1 atom stereocenters. The summed E-state index contributed by atoms with van der Waals surface area (Å²) >= 11 is 0. The fraction of sp³-hybridized carbons (Fsp3) is 0.769. The molecule has 0 aromatic carbocycles. The van der Waals surface area contributed by atoms with Crippen molar-refractivity contribution in [1.82, 2.24) is 0 Å². The van der Waals surface area contributed by atoms with Crippen molar-refractivity contribution >= 4 is 5.97 Å². The first kappa shape index (κ1) is 17.1. The summed E-state index contributed by atoms with van der Waals surface area (Å²) in [4.78, 5) is 11.3. The smallest absolute Gasteiger partial charge is 0.333 e. The number of rotatable bonds is 9. The number of aliphatic hydroxyl groups excluding tert-OH is 2. The zero-order valence-corrected chi connectivity index (χ0v) is 11.4. The molecule has 0 saturated heterocycles. The van der Waals surface area contributed by atoms with Crippen LogP contribution in [0.3, 0.4) is 0 Å². The fourth-order valence-electron chi connectivity index (χ4n) is 1.32. The van der Waals surface area contributed by atoms with Crippen molar-refractivity contribution in [2.45, 2.75) is 33.3 Å². The lowest BCUT2D eigenvalue weighted by Gasteiger charge is -2.35. The second-order valence-corrected chi connectivity index (χ2v) is 4.55. The van der Waals surface area contributed by atoms with Crippen LogP contribution in [-0.4, -0.2) is 48.7 Å². The molecule has 18 heavy (non-hydrogen) atoms. The van der Waals surface area contributed by atoms with Gasteiger partial charge in [0.05, 0.1) is 24.7 Å². The SMILES string of the molecule is C=C(C)C(=O)OCC(CO)(CO)C(C)OCCC. The van der Waals surface area contributed by atoms with Gasteiger partial charge in [0.1, 0.15) is 6.61 Å². The van der Waals surface area contributed by atoms with Crippen molar-refractivity contribution in [3.05, 3.63) is 12.2 Å². The molecule has 0 aliphatic heterocycles. The molecule has 2 N–H and O–H groups in total. The normalized spacial score (nSPS) is 13.2. The van der Waals surface area contributed by atoms with Crippen LogP contribution in [0.5, 0.6) is 0 Å². The predicted molar refractivity (Wildman–Crippen MR) is 68.1 cm³/mol. The number of aliphatic hydroxyl groups is 2. The Bertz CT molecular complexity index is 271. The van der Waals surface area contributed by atoms with Crippen LogP contribution in [0.25, 0.3) is 0 Å². The summed E-state index contributed by atoms with van der Waals surface area (Å²) in [6.45, 7) is 8.51. The summed E-state index contributed by atoms with van der Waals surface area (Å²) in [5, 5.41) is 18.9. The number of hydrogen-bond acceptors (Lipinski definition) is 5. The molecule has 0 aliphatic carbocycles. The second-order valence-electron chi connectivity index (χ2n) is 4.55. The van der Waals surface area contributed by atoms with Crippen LogP contribution in [0.1, 0.15) is 27.2 Å². The lowest BCUT2D eigenvalue weighted by atomic mass is 9.85. The van der Waals surface area contributed by atoms with E-state index < -0.39 is 17.5 Å². The van der Waals surface area contributed by atoms with E-state index in [0.717, 1.165) is 6.42 Å². The Morgan fingerprint density at radius 3 is 2.33 bits per heavy atom. The van der Waals surface area contributed by atoms with Crippen LogP contribution in [0.4, 0.5) is 0 Å². The van der Waals surface area contributed by atoms with Gasteiger partial charge in [-0.1, -0.05) is 13.5 Å². The molecule has 0 radical (unpaired) electrons. The monoisotopic (exact) mass is 260 g/mol. The molecular formula is C13H24O5. The minimum atomic E-state index is -0.986. The van der Waals surface area contributed by atoms with Gasteiger partial charge in [-0.2, -0.15) is 0 Å². The van der Waals surface area contributed by atoms with Gasteiger partial charge in [-0.3, -0.25) is 0 Å². The molecule has 0 aromatic rings. The summed E-state index contributed by atoms with van der Waals surface area (Å²) in [6, 6.07) is 0. The minimum absolute atomic E-state index is 0.101. The molecule has 0 heterocycles. The third-order valence-corrected chi connectivity index (χ3v) is 2.90. The highest BCUT2D eigenvalue weighted by Gasteiger charge is 2.37. The van der Waals surface area contributed by atoms with Crippen molar-refractivity contribution in [2.75, 3.05) is 26.4 Å². The standard InChI is InChI=1S/C13H24O5/c1-5-6-17-11(4)13(7-14,8-15)9-18-12(16)10(2)3/h11,14-15H,2,5-9H2,1,3-4H3. The average Bonchev–Trinajstić information content (AvgIpc) is 2.37. The molecule has 0 fully saturated rings.